The molecule has 0 fully saturated rings. The van der Waals surface area contributed by atoms with Gasteiger partial charge in [0.25, 0.3) is 0 Å². The molecule has 1 atom stereocenters. The van der Waals surface area contributed by atoms with E-state index >= 15 is 0 Å². The number of alkyl halides is 2. The van der Waals surface area contributed by atoms with Crippen molar-refractivity contribution in [2.45, 2.75) is 26.5 Å². The van der Waals surface area contributed by atoms with Gasteiger partial charge in [0.2, 0.25) is 0 Å². The van der Waals surface area contributed by atoms with Crippen molar-refractivity contribution in [2.24, 2.45) is 0 Å². The lowest BCUT2D eigenvalue weighted by Crippen LogP contribution is -2.27. The van der Waals surface area contributed by atoms with Crippen LogP contribution in [0, 0.1) is 0 Å². The number of hydrogen-bond acceptors (Lipinski definition) is 5. The Kier molecular flexibility index (Phi) is 6.87. The summed E-state index contributed by atoms with van der Waals surface area (Å²) in [5.74, 6) is -0.376. The van der Waals surface area contributed by atoms with Gasteiger partial charge < -0.3 is 19.5 Å². The summed E-state index contributed by atoms with van der Waals surface area (Å²) < 4.78 is 39.3. The van der Waals surface area contributed by atoms with E-state index in [0.717, 1.165) is 0 Å². The summed E-state index contributed by atoms with van der Waals surface area (Å²) >= 11 is 0. The van der Waals surface area contributed by atoms with E-state index in [1.165, 1.54) is 18.2 Å². The first kappa shape index (κ1) is 17.2. The van der Waals surface area contributed by atoms with Crippen LogP contribution in [0.15, 0.2) is 18.2 Å². The Morgan fingerprint density at radius 2 is 1.95 bits per heavy atom. The van der Waals surface area contributed by atoms with E-state index in [1.54, 1.807) is 20.9 Å². The molecule has 0 saturated carbocycles. The maximum absolute atomic E-state index is 12.3. The average molecular weight is 303 g/mol. The number of carbonyl (C=O) groups excluding carboxylic acids is 1. The summed E-state index contributed by atoms with van der Waals surface area (Å²) in [6.07, 6.45) is 0. The summed E-state index contributed by atoms with van der Waals surface area (Å²) in [5, 5.41) is 2.81. The minimum absolute atomic E-state index is 0.0747. The van der Waals surface area contributed by atoms with Crippen LogP contribution in [-0.4, -0.2) is 32.8 Å². The highest BCUT2D eigenvalue weighted by Gasteiger charge is 2.22. The molecule has 21 heavy (non-hydrogen) atoms. The van der Waals surface area contributed by atoms with E-state index in [1.807, 2.05) is 0 Å². The molecule has 0 aliphatic heterocycles. The number of esters is 1. The fourth-order valence-electron chi connectivity index (χ4n) is 1.81. The predicted octanol–water partition coefficient (Wildman–Crippen LogP) is 2.51. The Bertz CT molecular complexity index is 468. The standard InChI is InChI=1S/C14H19F2NO4/c1-4-19-11-8-9(6-7-10(11)21-14(15)16)12(17-3)13(18)20-5-2/h6-8,12,14,17H,4-5H2,1-3H3. The van der Waals surface area contributed by atoms with Gasteiger partial charge in [0.1, 0.15) is 6.04 Å². The van der Waals surface area contributed by atoms with Gasteiger partial charge in [0, 0.05) is 0 Å². The molecular formula is C14H19F2NO4. The second kappa shape index (κ2) is 8.41. The predicted molar refractivity (Wildman–Crippen MR) is 72.7 cm³/mol. The van der Waals surface area contributed by atoms with E-state index < -0.39 is 18.6 Å². The second-order valence-corrected chi connectivity index (χ2v) is 3.99. The van der Waals surface area contributed by atoms with Crippen LogP contribution in [0.3, 0.4) is 0 Å². The van der Waals surface area contributed by atoms with Crippen LogP contribution in [0.4, 0.5) is 8.78 Å². The molecule has 7 heteroatoms. The van der Waals surface area contributed by atoms with Crippen LogP contribution in [0.2, 0.25) is 0 Å². The minimum atomic E-state index is -2.94. The lowest BCUT2D eigenvalue weighted by atomic mass is 10.1. The smallest absolute Gasteiger partial charge is 0.387 e. The van der Waals surface area contributed by atoms with Crippen LogP contribution in [0.1, 0.15) is 25.5 Å². The lowest BCUT2D eigenvalue weighted by molar-refractivity contribution is -0.145. The topological polar surface area (TPSA) is 56.8 Å². The van der Waals surface area contributed by atoms with Gasteiger partial charge in [-0.05, 0) is 38.6 Å². The first-order chi connectivity index (χ1) is 10.0. The number of likely N-dealkylation sites (N-methyl/N-ethyl adjacent to an activating group) is 1. The number of carbonyl (C=O) groups is 1. The third kappa shape index (κ3) is 4.86. The number of benzene rings is 1. The Hall–Kier alpha value is -1.89. The molecule has 0 aliphatic carbocycles. The van der Waals surface area contributed by atoms with Crippen molar-refractivity contribution in [3.63, 3.8) is 0 Å². The molecule has 1 unspecified atom stereocenters. The van der Waals surface area contributed by atoms with E-state index in [2.05, 4.69) is 10.1 Å². The highest BCUT2D eigenvalue weighted by molar-refractivity contribution is 5.78. The van der Waals surface area contributed by atoms with Crippen LogP contribution in [0.25, 0.3) is 0 Å². The van der Waals surface area contributed by atoms with Gasteiger partial charge in [-0.2, -0.15) is 8.78 Å². The number of ether oxygens (including phenoxy) is 3. The van der Waals surface area contributed by atoms with Gasteiger partial charge in [-0.3, -0.25) is 0 Å². The molecule has 0 spiro atoms. The molecule has 1 aromatic rings. The molecule has 0 aromatic heterocycles. The lowest BCUT2D eigenvalue weighted by Gasteiger charge is -2.18. The molecule has 1 rings (SSSR count). The average Bonchev–Trinajstić information content (AvgIpc) is 2.42. The Balaban J connectivity index is 3.07. The first-order valence-electron chi connectivity index (χ1n) is 6.58. The van der Waals surface area contributed by atoms with Gasteiger partial charge in [-0.15, -0.1) is 0 Å². The largest absolute Gasteiger partial charge is 0.490 e. The van der Waals surface area contributed by atoms with E-state index in [9.17, 15) is 13.6 Å². The zero-order valence-electron chi connectivity index (χ0n) is 12.2. The summed E-state index contributed by atoms with van der Waals surface area (Å²) in [6, 6.07) is 3.64. The monoisotopic (exact) mass is 303 g/mol. The highest BCUT2D eigenvalue weighted by atomic mass is 19.3. The minimum Gasteiger partial charge on any atom is -0.490 e. The third-order valence-corrected chi connectivity index (χ3v) is 2.63. The van der Waals surface area contributed by atoms with Gasteiger partial charge in [-0.25, -0.2) is 4.79 Å². The van der Waals surface area contributed by atoms with Crippen molar-refractivity contribution in [2.75, 3.05) is 20.3 Å². The molecule has 0 aliphatic rings. The molecule has 5 nitrogen and oxygen atoms in total. The zero-order chi connectivity index (χ0) is 15.8. The maximum atomic E-state index is 12.3. The maximum Gasteiger partial charge on any atom is 0.387 e. The SMILES string of the molecule is CCOC(=O)C(NC)c1ccc(OC(F)F)c(OCC)c1. The van der Waals surface area contributed by atoms with Crippen molar-refractivity contribution in [3.05, 3.63) is 23.8 Å². The zero-order valence-corrected chi connectivity index (χ0v) is 12.2. The van der Waals surface area contributed by atoms with E-state index in [-0.39, 0.29) is 24.7 Å². The van der Waals surface area contributed by atoms with Crippen LogP contribution in [-0.2, 0) is 9.53 Å². The van der Waals surface area contributed by atoms with E-state index in [4.69, 9.17) is 9.47 Å². The van der Waals surface area contributed by atoms with Crippen molar-refractivity contribution in [1.29, 1.82) is 0 Å². The van der Waals surface area contributed by atoms with Crippen LogP contribution < -0.4 is 14.8 Å². The fraction of sp³-hybridized carbons (Fsp3) is 0.500. The molecule has 0 bridgehead atoms. The summed E-state index contributed by atoms with van der Waals surface area (Å²) in [6.45, 7) is 1.02. The Morgan fingerprint density at radius 3 is 2.48 bits per heavy atom. The van der Waals surface area contributed by atoms with Gasteiger partial charge in [-0.1, -0.05) is 6.07 Å². The highest BCUT2D eigenvalue weighted by Crippen LogP contribution is 2.32. The molecule has 0 amide bonds. The molecule has 0 saturated heterocycles. The normalized spacial score (nSPS) is 12.1. The van der Waals surface area contributed by atoms with Crippen molar-refractivity contribution < 1.29 is 27.8 Å². The summed E-state index contributed by atoms with van der Waals surface area (Å²) in [4.78, 5) is 11.8. The molecule has 1 aromatic carbocycles. The Labute approximate surface area is 122 Å². The van der Waals surface area contributed by atoms with Crippen molar-refractivity contribution >= 4 is 5.97 Å². The number of halogens is 2. The van der Waals surface area contributed by atoms with Crippen molar-refractivity contribution in [1.82, 2.24) is 5.32 Å². The third-order valence-electron chi connectivity index (χ3n) is 2.63. The van der Waals surface area contributed by atoms with Gasteiger partial charge in [0.15, 0.2) is 11.5 Å². The summed E-state index contributed by atoms with van der Waals surface area (Å²) in [7, 11) is 1.60. The molecular weight excluding hydrogens is 284 g/mol. The molecule has 0 radical (unpaired) electrons. The quantitative estimate of drug-likeness (QED) is 0.748. The molecule has 0 heterocycles. The van der Waals surface area contributed by atoms with Gasteiger partial charge >= 0.3 is 12.6 Å². The molecule has 1 N–H and O–H groups in total. The van der Waals surface area contributed by atoms with Crippen molar-refractivity contribution in [3.8, 4) is 11.5 Å². The first-order valence-corrected chi connectivity index (χ1v) is 6.58. The number of nitrogens with one attached hydrogen (secondary N) is 1. The molecule has 118 valence electrons. The van der Waals surface area contributed by atoms with Gasteiger partial charge in [0.05, 0.1) is 13.2 Å². The van der Waals surface area contributed by atoms with Crippen LogP contribution >= 0.6 is 0 Å². The second-order valence-electron chi connectivity index (χ2n) is 3.99. The Morgan fingerprint density at radius 1 is 1.24 bits per heavy atom. The fourth-order valence-corrected chi connectivity index (χ4v) is 1.81. The van der Waals surface area contributed by atoms with Crippen LogP contribution in [0.5, 0.6) is 11.5 Å². The van der Waals surface area contributed by atoms with E-state index in [0.29, 0.717) is 5.56 Å². The number of hydrogen-bond donors (Lipinski definition) is 1. The number of rotatable bonds is 8. The summed E-state index contributed by atoms with van der Waals surface area (Å²) in [5.41, 5.74) is 0.543.